The Kier molecular flexibility index (Phi) is 4.88. The van der Waals surface area contributed by atoms with Crippen molar-refractivity contribution in [2.75, 3.05) is 0 Å². The predicted molar refractivity (Wildman–Crippen MR) is 91.5 cm³/mol. The van der Waals surface area contributed by atoms with Gasteiger partial charge in [0.15, 0.2) is 0 Å². The normalized spacial score (nSPS) is 12.5. The van der Waals surface area contributed by atoms with Crippen molar-refractivity contribution in [2.24, 2.45) is 5.73 Å². The first-order valence-electron chi connectivity index (χ1n) is 5.87. The molecule has 1 nitrogen and oxygen atoms in total. The summed E-state index contributed by atoms with van der Waals surface area (Å²) in [6.45, 7) is 4.13. The molecule has 2 aromatic carbocycles. The second kappa shape index (κ2) is 6.08. The average molecular weight is 448 g/mol. The zero-order valence-electron chi connectivity index (χ0n) is 10.7. The fraction of sp³-hybridized carbons (Fsp3) is 0.200. The lowest BCUT2D eigenvalue weighted by Gasteiger charge is -2.18. The van der Waals surface area contributed by atoms with Gasteiger partial charge in [0, 0.05) is 13.4 Å². The lowest BCUT2D eigenvalue weighted by molar-refractivity contribution is 0.856. The van der Waals surface area contributed by atoms with Gasteiger partial charge in [0.2, 0.25) is 0 Å². The largest absolute Gasteiger partial charge is 0.320 e. The topological polar surface area (TPSA) is 26.0 Å². The van der Waals surface area contributed by atoms with E-state index in [-0.39, 0.29) is 6.04 Å². The van der Waals surface area contributed by atoms with E-state index in [4.69, 9.17) is 5.73 Å². The molecule has 1 atom stereocenters. The molecule has 0 saturated carbocycles. The van der Waals surface area contributed by atoms with E-state index in [0.29, 0.717) is 0 Å². The first-order chi connectivity index (χ1) is 8.90. The van der Waals surface area contributed by atoms with Crippen molar-refractivity contribution in [3.63, 3.8) is 0 Å². The molecule has 0 radical (unpaired) electrons. The van der Waals surface area contributed by atoms with E-state index in [1.165, 1.54) is 11.1 Å². The Labute approximate surface area is 139 Å². The molecular formula is C15H14Br3N. The van der Waals surface area contributed by atoms with Crippen molar-refractivity contribution < 1.29 is 0 Å². The van der Waals surface area contributed by atoms with E-state index in [1.54, 1.807) is 0 Å². The van der Waals surface area contributed by atoms with Crippen molar-refractivity contribution in [3.8, 4) is 0 Å². The van der Waals surface area contributed by atoms with Gasteiger partial charge >= 0.3 is 0 Å². The highest BCUT2D eigenvalue weighted by Gasteiger charge is 2.16. The lowest BCUT2D eigenvalue weighted by atomic mass is 9.97. The van der Waals surface area contributed by atoms with Gasteiger partial charge in [-0.2, -0.15) is 0 Å². The number of benzene rings is 2. The molecule has 0 bridgehead atoms. The molecule has 0 spiro atoms. The van der Waals surface area contributed by atoms with Crippen LogP contribution in [0.4, 0.5) is 0 Å². The molecular weight excluding hydrogens is 434 g/mol. The smallest absolute Gasteiger partial charge is 0.0574 e. The third-order valence-electron chi connectivity index (χ3n) is 3.10. The van der Waals surface area contributed by atoms with Crippen molar-refractivity contribution in [1.82, 2.24) is 0 Å². The minimum absolute atomic E-state index is 0.166. The number of halogens is 3. The van der Waals surface area contributed by atoms with Crippen LogP contribution in [0.5, 0.6) is 0 Å². The van der Waals surface area contributed by atoms with Gasteiger partial charge in [-0.1, -0.05) is 65.5 Å². The summed E-state index contributed by atoms with van der Waals surface area (Å²) >= 11 is 10.8. The molecule has 100 valence electrons. The maximum atomic E-state index is 6.42. The third-order valence-corrected chi connectivity index (χ3v) is 5.36. The van der Waals surface area contributed by atoms with Crippen LogP contribution in [0.25, 0.3) is 0 Å². The second-order valence-electron chi connectivity index (χ2n) is 4.63. The van der Waals surface area contributed by atoms with Crippen LogP contribution in [-0.2, 0) is 0 Å². The summed E-state index contributed by atoms with van der Waals surface area (Å²) in [5, 5.41) is 0. The molecule has 0 amide bonds. The Balaban J connectivity index is 2.52. The van der Waals surface area contributed by atoms with Gasteiger partial charge in [-0.25, -0.2) is 0 Å². The maximum absolute atomic E-state index is 6.42. The second-order valence-corrected chi connectivity index (χ2v) is 7.19. The molecule has 0 aliphatic rings. The molecule has 1 unspecified atom stereocenters. The minimum Gasteiger partial charge on any atom is -0.320 e. The van der Waals surface area contributed by atoms with Gasteiger partial charge in [0.25, 0.3) is 0 Å². The van der Waals surface area contributed by atoms with Gasteiger partial charge in [-0.3, -0.25) is 0 Å². The zero-order valence-corrected chi connectivity index (χ0v) is 15.4. The Hall–Kier alpha value is -0.160. The van der Waals surface area contributed by atoms with Crippen LogP contribution in [0.1, 0.15) is 28.3 Å². The summed E-state index contributed by atoms with van der Waals surface area (Å²) < 4.78 is 3.15. The monoisotopic (exact) mass is 445 g/mol. The maximum Gasteiger partial charge on any atom is 0.0574 e. The van der Waals surface area contributed by atoms with Crippen LogP contribution in [0.2, 0.25) is 0 Å². The van der Waals surface area contributed by atoms with E-state index in [9.17, 15) is 0 Å². The quantitative estimate of drug-likeness (QED) is 0.633. The molecule has 0 aromatic heterocycles. The molecule has 2 aromatic rings. The molecule has 0 aliphatic carbocycles. The zero-order chi connectivity index (χ0) is 14.2. The lowest BCUT2D eigenvalue weighted by Crippen LogP contribution is -2.13. The van der Waals surface area contributed by atoms with Gasteiger partial charge in [-0.15, -0.1) is 0 Å². The Bertz CT molecular complexity index is 623. The molecule has 0 aliphatic heterocycles. The summed E-state index contributed by atoms with van der Waals surface area (Å²) in [4.78, 5) is 0. The van der Waals surface area contributed by atoms with Crippen LogP contribution in [0.15, 0.2) is 43.7 Å². The number of nitrogens with two attached hydrogens (primary N) is 1. The molecule has 4 heteroatoms. The molecule has 0 fully saturated rings. The summed E-state index contributed by atoms with van der Waals surface area (Å²) in [7, 11) is 0. The number of aryl methyl sites for hydroxylation is 2. The van der Waals surface area contributed by atoms with Crippen LogP contribution >= 0.6 is 47.8 Å². The van der Waals surface area contributed by atoms with Crippen molar-refractivity contribution in [3.05, 3.63) is 66.0 Å². The van der Waals surface area contributed by atoms with E-state index in [1.807, 2.05) is 6.07 Å². The Morgan fingerprint density at radius 1 is 0.842 bits per heavy atom. The summed E-state index contributed by atoms with van der Waals surface area (Å²) in [6.07, 6.45) is 0. The van der Waals surface area contributed by atoms with Gasteiger partial charge in [-0.05, 0) is 48.7 Å². The highest BCUT2D eigenvalue weighted by Crippen LogP contribution is 2.34. The minimum atomic E-state index is -0.166. The van der Waals surface area contributed by atoms with E-state index < -0.39 is 0 Å². The third kappa shape index (κ3) is 3.30. The summed E-state index contributed by atoms with van der Waals surface area (Å²) in [5.41, 5.74) is 11.0. The number of hydrogen-bond acceptors (Lipinski definition) is 1. The van der Waals surface area contributed by atoms with Crippen molar-refractivity contribution in [2.45, 2.75) is 19.9 Å². The Morgan fingerprint density at radius 2 is 1.47 bits per heavy atom. The van der Waals surface area contributed by atoms with Crippen molar-refractivity contribution >= 4 is 47.8 Å². The first-order valence-corrected chi connectivity index (χ1v) is 8.25. The van der Waals surface area contributed by atoms with Crippen LogP contribution < -0.4 is 5.73 Å². The van der Waals surface area contributed by atoms with E-state index in [0.717, 1.165) is 24.5 Å². The van der Waals surface area contributed by atoms with Gasteiger partial charge in [0.1, 0.15) is 0 Å². The molecule has 0 heterocycles. The highest BCUT2D eigenvalue weighted by atomic mass is 79.9. The first kappa shape index (κ1) is 15.2. The number of hydrogen-bond donors (Lipinski definition) is 1. The molecule has 2 N–H and O–H groups in total. The highest BCUT2D eigenvalue weighted by molar-refractivity contribution is 9.11. The van der Waals surface area contributed by atoms with Crippen molar-refractivity contribution in [1.29, 1.82) is 0 Å². The summed E-state index contributed by atoms with van der Waals surface area (Å²) in [5.74, 6) is 0. The standard InChI is InChI=1S/C15H14Br3N/c1-8-3-4-12(16)10(5-8)15(19)11-7-13(17)9(2)6-14(11)18/h3-7,15H,19H2,1-2H3. The molecule has 2 rings (SSSR count). The fourth-order valence-corrected chi connectivity index (χ4v) is 3.53. The Morgan fingerprint density at radius 3 is 2.16 bits per heavy atom. The van der Waals surface area contributed by atoms with Crippen LogP contribution in [-0.4, -0.2) is 0 Å². The SMILES string of the molecule is Cc1ccc(Br)c(C(N)c2cc(Br)c(C)cc2Br)c1. The summed E-state index contributed by atoms with van der Waals surface area (Å²) in [6, 6.07) is 10.2. The number of rotatable bonds is 2. The predicted octanol–water partition coefficient (Wildman–Crippen LogP) is 5.64. The molecule has 19 heavy (non-hydrogen) atoms. The average Bonchev–Trinajstić information content (AvgIpc) is 2.36. The van der Waals surface area contributed by atoms with Crippen LogP contribution in [0.3, 0.4) is 0 Å². The fourth-order valence-electron chi connectivity index (χ4n) is 1.97. The van der Waals surface area contributed by atoms with E-state index in [2.05, 4.69) is 85.9 Å². The van der Waals surface area contributed by atoms with Crippen LogP contribution in [0, 0.1) is 13.8 Å². The molecule has 0 saturated heterocycles. The van der Waals surface area contributed by atoms with E-state index >= 15 is 0 Å². The van der Waals surface area contributed by atoms with Gasteiger partial charge < -0.3 is 5.73 Å². The van der Waals surface area contributed by atoms with Gasteiger partial charge in [0.05, 0.1) is 6.04 Å².